The van der Waals surface area contributed by atoms with Gasteiger partial charge in [-0.25, -0.2) is 0 Å². The van der Waals surface area contributed by atoms with Gasteiger partial charge in [-0.15, -0.1) is 0 Å². The zero-order valence-electron chi connectivity index (χ0n) is 14.1. The van der Waals surface area contributed by atoms with Gasteiger partial charge in [0, 0.05) is 18.5 Å². The van der Waals surface area contributed by atoms with Crippen molar-refractivity contribution in [1.29, 1.82) is 0 Å². The molecule has 1 fully saturated rings. The molecule has 1 aromatic rings. The normalized spacial score (nSPS) is 19.6. The fourth-order valence-corrected chi connectivity index (χ4v) is 3.16. The topological polar surface area (TPSA) is 38.8 Å². The molecule has 1 saturated heterocycles. The van der Waals surface area contributed by atoms with Crippen LogP contribution >= 0.6 is 0 Å². The zero-order valence-corrected chi connectivity index (χ0v) is 14.1. The monoisotopic (exact) mass is 305 g/mol. The first-order valence-corrected chi connectivity index (χ1v) is 8.08. The lowest BCUT2D eigenvalue weighted by atomic mass is 9.96. The van der Waals surface area contributed by atoms with Crippen molar-refractivity contribution in [3.05, 3.63) is 23.8 Å². The molecule has 1 amide bonds. The van der Waals surface area contributed by atoms with Crippen LogP contribution in [-0.2, 0) is 11.2 Å². The largest absolute Gasteiger partial charge is 0.493 e. The third-order valence-corrected chi connectivity index (χ3v) is 4.50. The molecule has 4 nitrogen and oxygen atoms in total. The molecule has 2 rings (SSSR count). The Morgan fingerprint density at radius 2 is 2.00 bits per heavy atom. The number of likely N-dealkylation sites (tertiary alicyclic amines) is 1. The fraction of sp³-hybridized carbons (Fsp3) is 0.611. The highest BCUT2D eigenvalue weighted by molar-refractivity contribution is 5.79. The van der Waals surface area contributed by atoms with Crippen LogP contribution in [0.2, 0.25) is 0 Å². The first-order chi connectivity index (χ1) is 10.6. The Labute approximate surface area is 133 Å². The average molecular weight is 305 g/mol. The second-order valence-corrected chi connectivity index (χ2v) is 6.17. The molecule has 1 aliphatic heterocycles. The Hall–Kier alpha value is -1.71. The van der Waals surface area contributed by atoms with Crippen LogP contribution in [0.1, 0.15) is 38.7 Å². The van der Waals surface area contributed by atoms with Crippen LogP contribution in [0.5, 0.6) is 11.5 Å². The molecule has 1 aliphatic rings. The van der Waals surface area contributed by atoms with E-state index in [4.69, 9.17) is 9.47 Å². The van der Waals surface area contributed by atoms with E-state index >= 15 is 0 Å². The summed E-state index contributed by atoms with van der Waals surface area (Å²) in [5, 5.41) is 0. The third-order valence-electron chi connectivity index (χ3n) is 4.50. The van der Waals surface area contributed by atoms with E-state index in [0.717, 1.165) is 37.1 Å². The molecule has 1 heterocycles. The van der Waals surface area contributed by atoms with Crippen LogP contribution in [0.4, 0.5) is 0 Å². The number of rotatable bonds is 5. The summed E-state index contributed by atoms with van der Waals surface area (Å²) < 4.78 is 10.6. The van der Waals surface area contributed by atoms with E-state index in [2.05, 4.69) is 11.8 Å². The van der Waals surface area contributed by atoms with Crippen molar-refractivity contribution in [2.45, 2.75) is 45.6 Å². The molecule has 2 unspecified atom stereocenters. The molecule has 22 heavy (non-hydrogen) atoms. The van der Waals surface area contributed by atoms with Crippen LogP contribution in [0.3, 0.4) is 0 Å². The minimum Gasteiger partial charge on any atom is -0.493 e. The second-order valence-electron chi connectivity index (χ2n) is 6.17. The number of nitrogens with zero attached hydrogens (tertiary/aromatic N) is 1. The van der Waals surface area contributed by atoms with E-state index in [1.54, 1.807) is 14.2 Å². The molecule has 4 heteroatoms. The van der Waals surface area contributed by atoms with Gasteiger partial charge in [-0.1, -0.05) is 13.0 Å². The standard InChI is InChI=1S/C18H27NO3/c1-13(18(20)19-10-6-5-7-14(19)2)11-15-8-9-16(21-3)17(12-15)22-4/h8-9,12-14H,5-7,10-11H2,1-4H3. The molecule has 0 aliphatic carbocycles. The van der Waals surface area contributed by atoms with Gasteiger partial charge in [-0.05, 0) is 50.3 Å². The number of carbonyl (C=O) groups excluding carboxylic acids is 1. The minimum absolute atomic E-state index is 0.0151. The maximum Gasteiger partial charge on any atom is 0.225 e. The predicted octanol–water partition coefficient (Wildman–Crippen LogP) is 3.28. The quantitative estimate of drug-likeness (QED) is 0.838. The molecule has 0 N–H and O–H groups in total. The number of piperidine rings is 1. The van der Waals surface area contributed by atoms with Gasteiger partial charge in [0.1, 0.15) is 0 Å². The van der Waals surface area contributed by atoms with Crippen molar-refractivity contribution in [3.8, 4) is 11.5 Å². The Bertz CT molecular complexity index is 515. The summed E-state index contributed by atoms with van der Waals surface area (Å²) in [6, 6.07) is 6.23. The van der Waals surface area contributed by atoms with Gasteiger partial charge in [0.05, 0.1) is 14.2 Å². The summed E-state index contributed by atoms with van der Waals surface area (Å²) in [6.45, 7) is 5.07. The number of benzene rings is 1. The third kappa shape index (κ3) is 3.73. The average Bonchev–Trinajstić information content (AvgIpc) is 2.54. The number of hydrogen-bond acceptors (Lipinski definition) is 3. The molecule has 1 aromatic carbocycles. The number of ether oxygens (including phenoxy) is 2. The molecule has 0 spiro atoms. The van der Waals surface area contributed by atoms with Gasteiger partial charge in [-0.3, -0.25) is 4.79 Å². The van der Waals surface area contributed by atoms with Gasteiger partial charge in [0.2, 0.25) is 5.91 Å². The summed E-state index contributed by atoms with van der Waals surface area (Å²) in [5.74, 6) is 1.68. The lowest BCUT2D eigenvalue weighted by Gasteiger charge is -2.35. The molecule has 122 valence electrons. The van der Waals surface area contributed by atoms with E-state index in [1.807, 2.05) is 25.1 Å². The number of carbonyl (C=O) groups is 1. The number of methoxy groups -OCH3 is 2. The molecule has 0 radical (unpaired) electrons. The van der Waals surface area contributed by atoms with E-state index < -0.39 is 0 Å². The summed E-state index contributed by atoms with van der Waals surface area (Å²) in [5.41, 5.74) is 1.10. The number of hydrogen-bond donors (Lipinski definition) is 0. The molecular weight excluding hydrogens is 278 g/mol. The van der Waals surface area contributed by atoms with Crippen molar-refractivity contribution in [2.75, 3.05) is 20.8 Å². The van der Waals surface area contributed by atoms with Crippen molar-refractivity contribution in [1.82, 2.24) is 4.90 Å². The highest BCUT2D eigenvalue weighted by Gasteiger charge is 2.27. The van der Waals surface area contributed by atoms with Crippen LogP contribution < -0.4 is 9.47 Å². The SMILES string of the molecule is COc1ccc(CC(C)C(=O)N2CCCCC2C)cc1OC. The first kappa shape index (κ1) is 16.7. The summed E-state index contributed by atoms with van der Waals surface area (Å²) in [4.78, 5) is 14.7. The van der Waals surface area contributed by atoms with Crippen molar-refractivity contribution in [2.24, 2.45) is 5.92 Å². The molecule has 0 bridgehead atoms. The lowest BCUT2D eigenvalue weighted by Crippen LogP contribution is -2.44. The highest BCUT2D eigenvalue weighted by Crippen LogP contribution is 2.29. The van der Waals surface area contributed by atoms with Crippen LogP contribution in [0.25, 0.3) is 0 Å². The Morgan fingerprint density at radius 1 is 1.27 bits per heavy atom. The van der Waals surface area contributed by atoms with Crippen LogP contribution in [0.15, 0.2) is 18.2 Å². The van der Waals surface area contributed by atoms with E-state index in [1.165, 1.54) is 6.42 Å². The fourth-order valence-electron chi connectivity index (χ4n) is 3.16. The Balaban J connectivity index is 2.04. The van der Waals surface area contributed by atoms with Crippen LogP contribution in [-0.4, -0.2) is 37.6 Å². The van der Waals surface area contributed by atoms with Gasteiger partial charge in [0.15, 0.2) is 11.5 Å². The van der Waals surface area contributed by atoms with Gasteiger partial charge in [0.25, 0.3) is 0 Å². The second kappa shape index (κ2) is 7.52. The maximum atomic E-state index is 12.7. The summed E-state index contributed by atoms with van der Waals surface area (Å²) in [7, 11) is 3.26. The predicted molar refractivity (Wildman–Crippen MR) is 87.4 cm³/mol. The van der Waals surface area contributed by atoms with E-state index in [9.17, 15) is 4.79 Å². The van der Waals surface area contributed by atoms with Gasteiger partial charge in [-0.2, -0.15) is 0 Å². The maximum absolute atomic E-state index is 12.7. The van der Waals surface area contributed by atoms with Crippen LogP contribution in [0, 0.1) is 5.92 Å². The van der Waals surface area contributed by atoms with Gasteiger partial charge < -0.3 is 14.4 Å². The first-order valence-electron chi connectivity index (χ1n) is 8.08. The van der Waals surface area contributed by atoms with Crippen molar-refractivity contribution >= 4 is 5.91 Å². The van der Waals surface area contributed by atoms with Crippen molar-refractivity contribution < 1.29 is 14.3 Å². The van der Waals surface area contributed by atoms with Crippen molar-refractivity contribution in [3.63, 3.8) is 0 Å². The molecule has 0 saturated carbocycles. The smallest absolute Gasteiger partial charge is 0.225 e. The zero-order chi connectivity index (χ0) is 16.1. The molecule has 2 atom stereocenters. The lowest BCUT2D eigenvalue weighted by molar-refractivity contribution is -0.138. The Kier molecular flexibility index (Phi) is 5.69. The molecule has 0 aromatic heterocycles. The molecular formula is C18H27NO3. The minimum atomic E-state index is -0.0151. The van der Waals surface area contributed by atoms with Gasteiger partial charge >= 0.3 is 0 Å². The van der Waals surface area contributed by atoms with E-state index in [-0.39, 0.29) is 11.8 Å². The summed E-state index contributed by atoms with van der Waals surface area (Å²) in [6.07, 6.45) is 4.20. The Morgan fingerprint density at radius 3 is 2.64 bits per heavy atom. The summed E-state index contributed by atoms with van der Waals surface area (Å²) >= 11 is 0. The highest BCUT2D eigenvalue weighted by atomic mass is 16.5. The van der Waals surface area contributed by atoms with E-state index in [0.29, 0.717) is 11.8 Å². The number of amides is 1.